The molecule has 0 saturated carbocycles. The molecular formula is C23H27N3O3S. The Hall–Kier alpha value is -2.51. The summed E-state index contributed by atoms with van der Waals surface area (Å²) in [5.41, 5.74) is 3.07. The van der Waals surface area contributed by atoms with Crippen molar-refractivity contribution in [1.29, 1.82) is 0 Å². The molecule has 2 heterocycles. The molecule has 0 spiro atoms. The van der Waals surface area contributed by atoms with Crippen LogP contribution >= 0.6 is 0 Å². The molecule has 2 aromatic carbocycles. The van der Waals surface area contributed by atoms with Crippen molar-refractivity contribution in [3.8, 4) is 11.4 Å². The minimum absolute atomic E-state index is 0.306. The first-order chi connectivity index (χ1) is 14.4. The van der Waals surface area contributed by atoms with E-state index in [1.165, 1.54) is 4.31 Å². The SMILES string of the molecule is Cc1ccccc1-c1noc(C2CCCN2S(=O)(=O)c2ccc(CC(C)C)cc2)n1. The summed E-state index contributed by atoms with van der Waals surface area (Å²) in [6, 6.07) is 14.6. The number of rotatable bonds is 6. The minimum Gasteiger partial charge on any atom is -0.337 e. The van der Waals surface area contributed by atoms with Gasteiger partial charge >= 0.3 is 0 Å². The second-order valence-corrected chi connectivity index (χ2v) is 10.2. The molecule has 1 aromatic heterocycles. The van der Waals surface area contributed by atoms with Gasteiger partial charge in [0.1, 0.15) is 6.04 Å². The average Bonchev–Trinajstić information content (AvgIpc) is 3.38. The summed E-state index contributed by atoms with van der Waals surface area (Å²) in [4.78, 5) is 4.85. The van der Waals surface area contributed by atoms with E-state index in [9.17, 15) is 8.42 Å². The summed E-state index contributed by atoms with van der Waals surface area (Å²) in [5, 5.41) is 4.11. The molecule has 0 radical (unpaired) electrons. The van der Waals surface area contributed by atoms with Gasteiger partial charge in [0.05, 0.1) is 4.90 Å². The van der Waals surface area contributed by atoms with Crippen molar-refractivity contribution >= 4 is 10.0 Å². The number of nitrogens with zero attached hydrogens (tertiary/aromatic N) is 3. The number of hydrogen-bond donors (Lipinski definition) is 0. The molecule has 0 aliphatic carbocycles. The van der Waals surface area contributed by atoms with Crippen molar-refractivity contribution in [1.82, 2.24) is 14.4 Å². The summed E-state index contributed by atoms with van der Waals surface area (Å²) in [6.07, 6.45) is 2.35. The Morgan fingerprint density at radius 3 is 2.57 bits per heavy atom. The van der Waals surface area contributed by atoms with Gasteiger partial charge in [-0.3, -0.25) is 0 Å². The van der Waals surface area contributed by atoms with Crippen LogP contribution in [0.2, 0.25) is 0 Å². The highest BCUT2D eigenvalue weighted by atomic mass is 32.2. The van der Waals surface area contributed by atoms with E-state index < -0.39 is 16.1 Å². The van der Waals surface area contributed by atoms with E-state index in [-0.39, 0.29) is 0 Å². The number of benzene rings is 2. The number of sulfonamides is 1. The zero-order chi connectivity index (χ0) is 21.3. The summed E-state index contributed by atoms with van der Waals surface area (Å²) < 4.78 is 33.7. The normalized spacial score (nSPS) is 17.7. The van der Waals surface area contributed by atoms with Crippen LogP contribution in [0.1, 0.15) is 49.7 Å². The van der Waals surface area contributed by atoms with Crippen molar-refractivity contribution in [2.24, 2.45) is 5.92 Å². The standard InChI is InChI=1S/C23H27N3O3S/c1-16(2)15-18-10-12-19(13-11-18)30(27,28)26-14-6-9-21(26)23-24-22(25-29-23)20-8-5-4-7-17(20)3/h4-5,7-8,10-13,16,21H,6,9,14-15H2,1-3H3. The predicted molar refractivity (Wildman–Crippen MR) is 115 cm³/mol. The molecule has 1 atom stereocenters. The van der Waals surface area contributed by atoms with E-state index in [0.29, 0.717) is 35.5 Å². The highest BCUT2D eigenvalue weighted by molar-refractivity contribution is 7.89. The minimum atomic E-state index is -3.64. The molecule has 3 aromatic rings. The average molecular weight is 426 g/mol. The highest BCUT2D eigenvalue weighted by Crippen LogP contribution is 2.36. The Labute approximate surface area is 178 Å². The lowest BCUT2D eigenvalue weighted by molar-refractivity contribution is 0.290. The Morgan fingerprint density at radius 2 is 1.87 bits per heavy atom. The van der Waals surface area contributed by atoms with Gasteiger partial charge in [0.2, 0.25) is 21.7 Å². The number of aromatic nitrogens is 2. The zero-order valence-corrected chi connectivity index (χ0v) is 18.4. The van der Waals surface area contributed by atoms with Crippen LogP contribution in [0.25, 0.3) is 11.4 Å². The van der Waals surface area contributed by atoms with E-state index in [1.54, 1.807) is 12.1 Å². The summed E-state index contributed by atoms with van der Waals surface area (Å²) in [7, 11) is -3.64. The van der Waals surface area contributed by atoms with Crippen molar-refractivity contribution in [3.63, 3.8) is 0 Å². The first-order valence-corrected chi connectivity index (χ1v) is 11.8. The van der Waals surface area contributed by atoms with Gasteiger partial charge in [-0.2, -0.15) is 9.29 Å². The van der Waals surface area contributed by atoms with E-state index in [2.05, 4.69) is 24.0 Å². The van der Waals surface area contributed by atoms with Crippen LogP contribution < -0.4 is 0 Å². The fourth-order valence-corrected chi connectivity index (χ4v) is 5.63. The van der Waals surface area contributed by atoms with Gasteiger partial charge in [0, 0.05) is 12.1 Å². The lowest BCUT2D eigenvalue weighted by atomic mass is 10.0. The van der Waals surface area contributed by atoms with E-state index in [4.69, 9.17) is 4.52 Å². The third-order valence-electron chi connectivity index (χ3n) is 5.49. The van der Waals surface area contributed by atoms with Crippen molar-refractivity contribution in [2.45, 2.75) is 51.0 Å². The lowest BCUT2D eigenvalue weighted by Crippen LogP contribution is -2.30. The van der Waals surface area contributed by atoms with Crippen molar-refractivity contribution < 1.29 is 12.9 Å². The molecule has 1 aliphatic rings. The molecule has 7 heteroatoms. The van der Waals surface area contributed by atoms with Gasteiger partial charge in [-0.1, -0.05) is 55.4 Å². The van der Waals surface area contributed by atoms with Gasteiger partial charge in [0.25, 0.3) is 0 Å². The zero-order valence-electron chi connectivity index (χ0n) is 17.6. The van der Waals surface area contributed by atoms with Gasteiger partial charge in [-0.25, -0.2) is 8.42 Å². The molecule has 0 bridgehead atoms. The maximum absolute atomic E-state index is 13.3. The van der Waals surface area contributed by atoms with Gasteiger partial charge in [0.15, 0.2) is 0 Å². The smallest absolute Gasteiger partial charge is 0.245 e. The molecule has 4 rings (SSSR count). The topological polar surface area (TPSA) is 76.3 Å². The van der Waals surface area contributed by atoms with Crippen LogP contribution in [0, 0.1) is 12.8 Å². The highest BCUT2D eigenvalue weighted by Gasteiger charge is 2.39. The van der Waals surface area contributed by atoms with Crippen LogP contribution in [0.15, 0.2) is 57.9 Å². The number of aryl methyl sites for hydroxylation is 1. The van der Waals surface area contributed by atoms with E-state index in [1.807, 2.05) is 43.3 Å². The second-order valence-electron chi connectivity index (χ2n) is 8.29. The molecule has 1 unspecified atom stereocenters. The largest absolute Gasteiger partial charge is 0.337 e. The maximum Gasteiger partial charge on any atom is 0.245 e. The van der Waals surface area contributed by atoms with Gasteiger partial charge < -0.3 is 4.52 Å². The third kappa shape index (κ3) is 4.04. The first kappa shape index (κ1) is 20.8. The molecule has 0 N–H and O–H groups in total. The molecular weight excluding hydrogens is 398 g/mol. The summed E-state index contributed by atoms with van der Waals surface area (Å²) in [5.74, 6) is 1.37. The monoisotopic (exact) mass is 425 g/mol. The van der Waals surface area contributed by atoms with Crippen molar-refractivity contribution in [2.75, 3.05) is 6.54 Å². The summed E-state index contributed by atoms with van der Waals surface area (Å²) in [6.45, 7) is 6.73. The van der Waals surface area contributed by atoms with E-state index >= 15 is 0 Å². The molecule has 30 heavy (non-hydrogen) atoms. The fourth-order valence-electron chi connectivity index (χ4n) is 3.98. The molecule has 6 nitrogen and oxygen atoms in total. The Balaban J connectivity index is 1.60. The second kappa shape index (κ2) is 8.32. The Bertz CT molecular complexity index is 1120. The molecule has 158 valence electrons. The van der Waals surface area contributed by atoms with Gasteiger partial charge in [-0.15, -0.1) is 0 Å². The predicted octanol–water partition coefficient (Wildman–Crippen LogP) is 4.77. The van der Waals surface area contributed by atoms with Gasteiger partial charge in [-0.05, 0) is 55.4 Å². The van der Waals surface area contributed by atoms with Crippen molar-refractivity contribution in [3.05, 3.63) is 65.5 Å². The molecule has 1 fully saturated rings. The van der Waals surface area contributed by atoms with E-state index in [0.717, 1.165) is 29.5 Å². The molecule has 0 amide bonds. The Kier molecular flexibility index (Phi) is 5.75. The number of hydrogen-bond acceptors (Lipinski definition) is 5. The third-order valence-corrected chi connectivity index (χ3v) is 7.41. The van der Waals surface area contributed by atoms with Crippen LogP contribution in [0.3, 0.4) is 0 Å². The fraction of sp³-hybridized carbons (Fsp3) is 0.391. The first-order valence-electron chi connectivity index (χ1n) is 10.4. The van der Waals surface area contributed by atoms with Crippen LogP contribution in [0.5, 0.6) is 0 Å². The Morgan fingerprint density at radius 1 is 1.13 bits per heavy atom. The maximum atomic E-state index is 13.3. The van der Waals surface area contributed by atoms with Crippen LogP contribution in [0.4, 0.5) is 0 Å². The molecule has 1 aliphatic heterocycles. The summed E-state index contributed by atoms with van der Waals surface area (Å²) >= 11 is 0. The molecule has 1 saturated heterocycles. The van der Waals surface area contributed by atoms with Crippen LogP contribution in [-0.4, -0.2) is 29.4 Å². The van der Waals surface area contributed by atoms with Crippen LogP contribution in [-0.2, 0) is 16.4 Å². The quantitative estimate of drug-likeness (QED) is 0.569. The lowest BCUT2D eigenvalue weighted by Gasteiger charge is -2.21.